The van der Waals surface area contributed by atoms with E-state index in [1.54, 1.807) is 0 Å². The van der Waals surface area contributed by atoms with Crippen molar-refractivity contribution in [2.75, 3.05) is 0 Å². The minimum Gasteiger partial charge on any atom is -0.459 e. The fraction of sp³-hybridized carbons (Fsp3) is 0.143. The van der Waals surface area contributed by atoms with Gasteiger partial charge in [0.15, 0.2) is 0 Å². The number of hydrogen-bond acceptors (Lipinski definition) is 1. The predicted octanol–water partition coefficient (Wildman–Crippen LogP) is 6.71. The van der Waals surface area contributed by atoms with E-state index in [4.69, 9.17) is 4.42 Å². The molecule has 0 radical (unpaired) electrons. The Bertz CT molecular complexity index is 902. The first-order chi connectivity index (χ1) is 11.2. The molecule has 3 aromatic rings. The van der Waals surface area contributed by atoms with Gasteiger partial charge in [-0.25, -0.2) is 0 Å². The lowest BCUT2D eigenvalue weighted by Crippen LogP contribution is -2.06. The molecule has 1 aromatic heterocycles. The first-order valence-electron chi connectivity index (χ1n) is 7.86. The maximum Gasteiger partial charge on any atom is 0.142 e. The second kappa shape index (κ2) is 5.86. The molecule has 0 amide bonds. The van der Waals surface area contributed by atoms with E-state index in [2.05, 4.69) is 77.5 Å². The van der Waals surface area contributed by atoms with Gasteiger partial charge >= 0.3 is 0 Å². The van der Waals surface area contributed by atoms with E-state index >= 15 is 0 Å². The molecule has 0 spiro atoms. The summed E-state index contributed by atoms with van der Waals surface area (Å²) in [7, 11) is 0. The van der Waals surface area contributed by atoms with Crippen LogP contribution in [-0.4, -0.2) is 0 Å². The van der Waals surface area contributed by atoms with E-state index in [0.717, 1.165) is 21.6 Å². The van der Waals surface area contributed by atoms with Crippen LogP contribution in [0.5, 0.6) is 0 Å². The zero-order valence-electron chi connectivity index (χ0n) is 12.9. The Labute approximate surface area is 144 Å². The normalized spacial score (nSPS) is 20.3. The second-order valence-corrected chi connectivity index (χ2v) is 6.92. The number of benzene rings is 2. The van der Waals surface area contributed by atoms with Gasteiger partial charge in [-0.3, -0.25) is 0 Å². The van der Waals surface area contributed by atoms with Crippen molar-refractivity contribution in [3.05, 3.63) is 83.1 Å². The highest BCUT2D eigenvalue weighted by atomic mass is 79.9. The van der Waals surface area contributed by atoms with Gasteiger partial charge in [0, 0.05) is 26.7 Å². The van der Waals surface area contributed by atoms with Crippen LogP contribution < -0.4 is 0 Å². The third-order valence-corrected chi connectivity index (χ3v) is 4.95. The summed E-state index contributed by atoms with van der Waals surface area (Å²) in [5.41, 5.74) is 1.12. The van der Waals surface area contributed by atoms with Gasteiger partial charge in [0.05, 0.1) is 0 Å². The van der Waals surface area contributed by atoms with Crippen LogP contribution in [0.3, 0.4) is 0 Å². The number of halogens is 1. The van der Waals surface area contributed by atoms with Gasteiger partial charge in [-0.2, -0.15) is 0 Å². The highest BCUT2D eigenvalue weighted by Gasteiger charge is 2.24. The lowest BCUT2D eigenvalue weighted by atomic mass is 9.86. The molecule has 0 saturated heterocycles. The van der Waals surface area contributed by atoms with Crippen LogP contribution in [0.4, 0.5) is 0 Å². The number of hydrogen-bond donors (Lipinski definition) is 0. The van der Waals surface area contributed by atoms with Crippen LogP contribution in [0.25, 0.3) is 22.1 Å². The summed E-state index contributed by atoms with van der Waals surface area (Å²) in [6.07, 6.45) is 8.69. The van der Waals surface area contributed by atoms with E-state index in [9.17, 15) is 0 Å². The van der Waals surface area contributed by atoms with E-state index < -0.39 is 0 Å². The molecule has 2 atom stereocenters. The molecule has 2 heteroatoms. The van der Waals surface area contributed by atoms with Gasteiger partial charge in [-0.15, -0.1) is 0 Å². The first-order valence-corrected chi connectivity index (χ1v) is 8.65. The van der Waals surface area contributed by atoms with Crippen molar-refractivity contribution in [2.45, 2.75) is 12.8 Å². The van der Waals surface area contributed by atoms with Crippen LogP contribution >= 0.6 is 15.9 Å². The molecule has 1 heterocycles. The molecule has 23 heavy (non-hydrogen) atoms. The summed E-state index contributed by atoms with van der Waals surface area (Å²) >= 11 is 3.60. The molecule has 0 fully saturated rings. The van der Waals surface area contributed by atoms with Crippen LogP contribution in [0.1, 0.15) is 18.6 Å². The third-order valence-electron chi connectivity index (χ3n) is 4.45. The van der Waals surface area contributed by atoms with Crippen molar-refractivity contribution in [3.8, 4) is 11.3 Å². The van der Waals surface area contributed by atoms with Crippen molar-refractivity contribution < 1.29 is 4.42 Å². The van der Waals surface area contributed by atoms with Gasteiger partial charge < -0.3 is 4.42 Å². The van der Waals surface area contributed by atoms with Crippen LogP contribution in [-0.2, 0) is 0 Å². The lowest BCUT2D eigenvalue weighted by Gasteiger charge is -2.18. The Balaban J connectivity index is 1.96. The van der Waals surface area contributed by atoms with Crippen molar-refractivity contribution >= 4 is 26.7 Å². The summed E-state index contributed by atoms with van der Waals surface area (Å²) in [4.78, 5) is 0. The minimum absolute atomic E-state index is 0.272. The van der Waals surface area contributed by atoms with Gasteiger partial charge in [-0.1, -0.05) is 77.5 Å². The lowest BCUT2D eigenvalue weighted by molar-refractivity contribution is 0.468. The summed E-state index contributed by atoms with van der Waals surface area (Å²) in [6, 6.07) is 16.7. The molecule has 1 aliphatic carbocycles. The Hall–Kier alpha value is -2.06. The van der Waals surface area contributed by atoms with E-state index in [1.165, 1.54) is 10.8 Å². The quantitative estimate of drug-likeness (QED) is 0.492. The molecule has 2 unspecified atom stereocenters. The van der Waals surface area contributed by atoms with E-state index in [-0.39, 0.29) is 5.92 Å². The van der Waals surface area contributed by atoms with Gasteiger partial charge in [0.25, 0.3) is 0 Å². The molecule has 1 nitrogen and oxygen atoms in total. The number of fused-ring (bicyclic) bond motifs is 1. The van der Waals surface area contributed by atoms with Crippen molar-refractivity contribution in [1.82, 2.24) is 0 Å². The number of rotatable bonds is 2. The first kappa shape index (κ1) is 14.5. The average molecular weight is 365 g/mol. The largest absolute Gasteiger partial charge is 0.459 e. The zero-order chi connectivity index (χ0) is 15.8. The van der Waals surface area contributed by atoms with Crippen molar-refractivity contribution in [3.63, 3.8) is 0 Å². The Kier molecular flexibility index (Phi) is 3.70. The summed E-state index contributed by atoms with van der Waals surface area (Å²) in [6.45, 7) is 2.24. The maximum absolute atomic E-state index is 6.41. The number of allylic oxidation sites excluding steroid dienone is 4. The fourth-order valence-electron chi connectivity index (χ4n) is 3.23. The Morgan fingerprint density at radius 1 is 0.913 bits per heavy atom. The maximum atomic E-state index is 6.41. The molecule has 4 rings (SSSR count). The fourth-order valence-corrected chi connectivity index (χ4v) is 3.60. The third kappa shape index (κ3) is 2.57. The van der Waals surface area contributed by atoms with Crippen molar-refractivity contribution in [2.24, 2.45) is 5.92 Å². The molecule has 0 N–H and O–H groups in total. The molecule has 0 saturated carbocycles. The monoisotopic (exact) mass is 364 g/mol. The van der Waals surface area contributed by atoms with Crippen molar-refractivity contribution in [1.29, 1.82) is 0 Å². The SMILES string of the molecule is CC1C=CC=CC1c1oc(-c2ccccc2)c2ccc(Br)cc12. The summed E-state index contributed by atoms with van der Waals surface area (Å²) in [5, 5.41) is 2.36. The summed E-state index contributed by atoms with van der Waals surface area (Å²) in [5.74, 6) is 2.71. The predicted molar refractivity (Wildman–Crippen MR) is 99.5 cm³/mol. The van der Waals surface area contributed by atoms with E-state index in [0.29, 0.717) is 5.92 Å². The molecule has 114 valence electrons. The average Bonchev–Trinajstić information content (AvgIpc) is 2.94. The summed E-state index contributed by atoms with van der Waals surface area (Å²) < 4.78 is 7.49. The molecular weight excluding hydrogens is 348 g/mol. The molecule has 2 aromatic carbocycles. The zero-order valence-corrected chi connectivity index (χ0v) is 14.5. The van der Waals surface area contributed by atoms with Crippen LogP contribution in [0, 0.1) is 5.92 Å². The highest BCUT2D eigenvalue weighted by Crippen LogP contribution is 2.42. The minimum atomic E-state index is 0.272. The van der Waals surface area contributed by atoms with E-state index in [1.807, 2.05) is 18.2 Å². The number of furan rings is 1. The van der Waals surface area contributed by atoms with Gasteiger partial charge in [-0.05, 0) is 24.1 Å². The molecule has 0 bridgehead atoms. The Morgan fingerprint density at radius 3 is 2.48 bits per heavy atom. The van der Waals surface area contributed by atoms with Gasteiger partial charge in [0.2, 0.25) is 0 Å². The highest BCUT2D eigenvalue weighted by molar-refractivity contribution is 9.10. The Morgan fingerprint density at radius 2 is 1.70 bits per heavy atom. The second-order valence-electron chi connectivity index (χ2n) is 6.01. The molecular formula is C21H17BrO. The van der Waals surface area contributed by atoms with Crippen LogP contribution in [0.2, 0.25) is 0 Å². The smallest absolute Gasteiger partial charge is 0.142 e. The van der Waals surface area contributed by atoms with Gasteiger partial charge in [0.1, 0.15) is 11.5 Å². The van der Waals surface area contributed by atoms with Crippen LogP contribution in [0.15, 0.2) is 81.7 Å². The molecule has 1 aliphatic rings. The molecule has 0 aliphatic heterocycles. The standard InChI is InChI=1S/C21H17BrO/c1-14-7-5-6-10-17(14)21-19-13-16(22)11-12-18(19)20(23-21)15-8-3-2-4-9-15/h2-14,17H,1H3. The topological polar surface area (TPSA) is 13.1 Å².